The molecule has 0 aromatic heterocycles. The van der Waals surface area contributed by atoms with Crippen LogP contribution in [0.3, 0.4) is 0 Å². The Labute approximate surface area is 162 Å². The predicted octanol–water partition coefficient (Wildman–Crippen LogP) is 3.94. The summed E-state index contributed by atoms with van der Waals surface area (Å²) in [6, 6.07) is 5.36. The molecule has 28 heavy (non-hydrogen) atoms. The van der Waals surface area contributed by atoms with Gasteiger partial charge in [-0.25, -0.2) is 4.79 Å². The Balaban J connectivity index is 2.43. The monoisotopic (exact) mass is 404 g/mol. The molecule has 0 bridgehead atoms. The number of alkyl carbamates (subject to hydrolysis) is 1. The van der Waals surface area contributed by atoms with Crippen LogP contribution in [0.2, 0.25) is 0 Å². The second-order valence-corrected chi connectivity index (χ2v) is 7.98. The molecule has 0 heterocycles. The normalized spacial score (nSPS) is 12.3. The van der Waals surface area contributed by atoms with E-state index in [9.17, 15) is 22.8 Å². The fourth-order valence-electron chi connectivity index (χ4n) is 2.21. The number of halogens is 3. The van der Waals surface area contributed by atoms with Crippen LogP contribution in [0.4, 0.5) is 18.0 Å². The summed E-state index contributed by atoms with van der Waals surface area (Å²) < 4.78 is 45.4. The maximum atomic E-state index is 12.1. The summed E-state index contributed by atoms with van der Waals surface area (Å²) in [5, 5.41) is 5.41. The molecule has 0 aliphatic rings. The summed E-state index contributed by atoms with van der Waals surface area (Å²) in [6.07, 6.45) is -4.81. The van der Waals surface area contributed by atoms with E-state index in [1.807, 2.05) is 0 Å². The van der Waals surface area contributed by atoms with Crippen molar-refractivity contribution in [1.82, 2.24) is 10.6 Å². The van der Waals surface area contributed by atoms with Crippen LogP contribution >= 0.6 is 0 Å². The second kappa shape index (κ2) is 9.16. The molecule has 0 saturated carbocycles. The number of carbonyl (C=O) groups excluding carboxylic acids is 2. The van der Waals surface area contributed by atoms with Gasteiger partial charge in [-0.15, -0.1) is 13.2 Å². The van der Waals surface area contributed by atoms with Gasteiger partial charge in [-0.2, -0.15) is 0 Å². The number of alkyl halides is 3. The molecule has 0 aliphatic carbocycles. The Bertz CT molecular complexity index is 665. The number of aryl methyl sites for hydroxylation is 1. The van der Waals surface area contributed by atoms with Crippen molar-refractivity contribution in [2.24, 2.45) is 0 Å². The molecule has 0 unspecified atom stereocenters. The zero-order valence-electron chi connectivity index (χ0n) is 16.7. The molecule has 6 nitrogen and oxygen atoms in total. The average molecular weight is 404 g/mol. The van der Waals surface area contributed by atoms with Crippen LogP contribution < -0.4 is 15.4 Å². The first kappa shape index (κ1) is 23.6. The Morgan fingerprint density at radius 3 is 2.07 bits per heavy atom. The summed E-state index contributed by atoms with van der Waals surface area (Å²) in [5.74, 6) is -0.554. The van der Waals surface area contributed by atoms with Gasteiger partial charge < -0.3 is 20.1 Å². The van der Waals surface area contributed by atoms with E-state index in [4.69, 9.17) is 4.74 Å². The minimum Gasteiger partial charge on any atom is -0.444 e. The van der Waals surface area contributed by atoms with E-state index in [0.717, 1.165) is 0 Å². The molecule has 1 aromatic rings. The van der Waals surface area contributed by atoms with E-state index in [-0.39, 0.29) is 24.6 Å². The molecule has 0 radical (unpaired) electrons. The topological polar surface area (TPSA) is 76.7 Å². The summed E-state index contributed by atoms with van der Waals surface area (Å²) in [6.45, 7) is 8.94. The highest BCUT2D eigenvalue weighted by Crippen LogP contribution is 2.23. The molecule has 1 aromatic carbocycles. The van der Waals surface area contributed by atoms with Crippen molar-refractivity contribution in [1.29, 1.82) is 0 Å². The molecule has 0 atom stereocenters. The van der Waals surface area contributed by atoms with Crippen LogP contribution in [-0.4, -0.2) is 36.0 Å². The standard InChI is InChI=1S/C19H27F3N2O4/c1-17(2,3)28-16(26)23-12-18(4,5)24-15(25)11-8-13-6-9-14(10-7-13)27-19(20,21)22/h6-7,9-10H,8,11-12H2,1-5H3,(H,23,26)(H,24,25). The maximum absolute atomic E-state index is 12.1. The third-order valence-electron chi connectivity index (χ3n) is 3.35. The minimum atomic E-state index is -4.74. The average Bonchev–Trinajstić information content (AvgIpc) is 2.49. The molecule has 1 rings (SSSR count). The van der Waals surface area contributed by atoms with Crippen molar-refractivity contribution in [2.45, 2.75) is 65.0 Å². The number of ether oxygens (including phenoxy) is 2. The first-order valence-corrected chi connectivity index (χ1v) is 8.78. The van der Waals surface area contributed by atoms with Crippen LogP contribution in [-0.2, 0) is 16.0 Å². The molecule has 2 amide bonds. The first-order valence-electron chi connectivity index (χ1n) is 8.78. The lowest BCUT2D eigenvalue weighted by atomic mass is 10.0. The van der Waals surface area contributed by atoms with Gasteiger partial charge in [0.2, 0.25) is 5.91 Å². The van der Waals surface area contributed by atoms with Crippen LogP contribution in [0.15, 0.2) is 24.3 Å². The highest BCUT2D eigenvalue weighted by atomic mass is 19.4. The summed E-state index contributed by atoms with van der Waals surface area (Å²) in [7, 11) is 0. The Hall–Kier alpha value is -2.45. The third kappa shape index (κ3) is 10.6. The minimum absolute atomic E-state index is 0.148. The van der Waals surface area contributed by atoms with Gasteiger partial charge in [-0.05, 0) is 58.7 Å². The lowest BCUT2D eigenvalue weighted by molar-refractivity contribution is -0.274. The predicted molar refractivity (Wildman–Crippen MR) is 97.9 cm³/mol. The smallest absolute Gasteiger partial charge is 0.444 e. The van der Waals surface area contributed by atoms with Crippen molar-refractivity contribution in [3.8, 4) is 5.75 Å². The number of hydrogen-bond acceptors (Lipinski definition) is 4. The van der Waals surface area contributed by atoms with E-state index in [2.05, 4.69) is 15.4 Å². The lowest BCUT2D eigenvalue weighted by Gasteiger charge is -2.28. The molecular weight excluding hydrogens is 377 g/mol. The van der Waals surface area contributed by atoms with Gasteiger partial charge in [-0.1, -0.05) is 12.1 Å². The van der Waals surface area contributed by atoms with Gasteiger partial charge in [0.15, 0.2) is 0 Å². The molecule has 9 heteroatoms. The second-order valence-electron chi connectivity index (χ2n) is 7.98. The number of nitrogens with one attached hydrogen (secondary N) is 2. The van der Waals surface area contributed by atoms with Crippen LogP contribution in [0.1, 0.15) is 46.6 Å². The van der Waals surface area contributed by atoms with Gasteiger partial charge in [0.1, 0.15) is 11.4 Å². The van der Waals surface area contributed by atoms with Crippen molar-refractivity contribution in [2.75, 3.05) is 6.54 Å². The van der Waals surface area contributed by atoms with Crippen molar-refractivity contribution in [3.63, 3.8) is 0 Å². The Morgan fingerprint density at radius 2 is 1.57 bits per heavy atom. The zero-order chi connectivity index (χ0) is 21.6. The SMILES string of the molecule is CC(C)(CNC(=O)OC(C)(C)C)NC(=O)CCc1ccc(OC(F)(F)F)cc1. The Kier molecular flexibility index (Phi) is 7.72. The van der Waals surface area contributed by atoms with Gasteiger partial charge >= 0.3 is 12.5 Å². The van der Waals surface area contributed by atoms with E-state index in [1.54, 1.807) is 34.6 Å². The van der Waals surface area contributed by atoms with Gasteiger partial charge in [0.05, 0.1) is 5.54 Å². The summed E-state index contributed by atoms with van der Waals surface area (Å²) in [5.41, 5.74) is -0.606. The van der Waals surface area contributed by atoms with E-state index >= 15 is 0 Å². The quantitative estimate of drug-likeness (QED) is 0.722. The first-order chi connectivity index (χ1) is 12.7. The molecular formula is C19H27F3N2O4. The van der Waals surface area contributed by atoms with Crippen molar-refractivity contribution >= 4 is 12.0 Å². The largest absolute Gasteiger partial charge is 0.573 e. The highest BCUT2D eigenvalue weighted by molar-refractivity contribution is 5.77. The van der Waals surface area contributed by atoms with Crippen LogP contribution in [0, 0.1) is 0 Å². The zero-order valence-corrected chi connectivity index (χ0v) is 16.7. The maximum Gasteiger partial charge on any atom is 0.573 e. The molecule has 0 fully saturated rings. The number of benzene rings is 1. The molecule has 158 valence electrons. The van der Waals surface area contributed by atoms with Gasteiger partial charge in [-0.3, -0.25) is 4.79 Å². The van der Waals surface area contributed by atoms with Crippen LogP contribution in [0.25, 0.3) is 0 Å². The van der Waals surface area contributed by atoms with Crippen molar-refractivity contribution < 1.29 is 32.2 Å². The lowest BCUT2D eigenvalue weighted by Crippen LogP contribution is -2.52. The number of hydrogen-bond donors (Lipinski definition) is 2. The van der Waals surface area contributed by atoms with E-state index in [0.29, 0.717) is 12.0 Å². The van der Waals surface area contributed by atoms with E-state index in [1.165, 1.54) is 24.3 Å². The van der Waals surface area contributed by atoms with E-state index < -0.39 is 23.6 Å². The highest BCUT2D eigenvalue weighted by Gasteiger charge is 2.31. The Morgan fingerprint density at radius 1 is 1.00 bits per heavy atom. The number of amides is 2. The fourth-order valence-corrected chi connectivity index (χ4v) is 2.21. The summed E-state index contributed by atoms with van der Waals surface area (Å²) >= 11 is 0. The number of carbonyl (C=O) groups is 2. The van der Waals surface area contributed by atoms with Gasteiger partial charge in [0, 0.05) is 13.0 Å². The molecule has 0 saturated heterocycles. The van der Waals surface area contributed by atoms with Crippen LogP contribution in [0.5, 0.6) is 5.75 Å². The molecule has 0 spiro atoms. The third-order valence-corrected chi connectivity index (χ3v) is 3.35. The molecule has 2 N–H and O–H groups in total. The summed E-state index contributed by atoms with van der Waals surface area (Å²) in [4.78, 5) is 23.8. The fraction of sp³-hybridized carbons (Fsp3) is 0.579. The number of rotatable bonds is 7. The van der Waals surface area contributed by atoms with Crippen molar-refractivity contribution in [3.05, 3.63) is 29.8 Å². The molecule has 0 aliphatic heterocycles. The van der Waals surface area contributed by atoms with Gasteiger partial charge in [0.25, 0.3) is 0 Å².